The third-order valence-corrected chi connectivity index (χ3v) is 3.59. The van der Waals surface area contributed by atoms with Gasteiger partial charge in [-0.05, 0) is 19.8 Å². The smallest absolute Gasteiger partial charge is 0.313 e. The maximum Gasteiger partial charge on any atom is 0.313 e. The number of hydrogen-bond donors (Lipinski definition) is 2. The van der Waals surface area contributed by atoms with Crippen LogP contribution in [0, 0.1) is 16.7 Å². The van der Waals surface area contributed by atoms with Gasteiger partial charge in [0.15, 0.2) is 0 Å². The van der Waals surface area contributed by atoms with E-state index in [9.17, 15) is 4.79 Å². The van der Waals surface area contributed by atoms with E-state index >= 15 is 0 Å². The summed E-state index contributed by atoms with van der Waals surface area (Å²) in [6.45, 7) is 6.36. The molecule has 0 aromatic carbocycles. The SMILES string of the molecule is CCOC(=O)C(CC)(CC)CNc1ncc(C#N)c(N)n1. The number of nitrogens with zero attached hydrogens (tertiary/aromatic N) is 3. The van der Waals surface area contributed by atoms with Crippen molar-refractivity contribution in [3.8, 4) is 6.07 Å². The zero-order chi connectivity index (χ0) is 15.9. The maximum absolute atomic E-state index is 12.1. The Morgan fingerprint density at radius 2 is 2.14 bits per heavy atom. The summed E-state index contributed by atoms with van der Waals surface area (Å²) in [5, 5.41) is 11.8. The Morgan fingerprint density at radius 1 is 1.48 bits per heavy atom. The first-order valence-electron chi connectivity index (χ1n) is 6.96. The molecule has 7 heteroatoms. The lowest BCUT2D eigenvalue weighted by molar-refractivity contribution is -0.155. The number of nitrogen functional groups attached to an aromatic ring is 1. The summed E-state index contributed by atoms with van der Waals surface area (Å²) in [6.07, 6.45) is 2.64. The van der Waals surface area contributed by atoms with Crippen LogP contribution in [0.2, 0.25) is 0 Å². The molecule has 0 saturated heterocycles. The molecule has 0 spiro atoms. The number of carbonyl (C=O) groups is 1. The van der Waals surface area contributed by atoms with Crippen molar-refractivity contribution in [2.75, 3.05) is 24.2 Å². The number of rotatable bonds is 7. The minimum Gasteiger partial charge on any atom is -0.466 e. The molecule has 1 aromatic heterocycles. The van der Waals surface area contributed by atoms with E-state index in [2.05, 4.69) is 15.3 Å². The van der Waals surface area contributed by atoms with Crippen molar-refractivity contribution in [3.63, 3.8) is 0 Å². The number of carbonyl (C=O) groups excluding carboxylic acids is 1. The second kappa shape index (κ2) is 7.43. The van der Waals surface area contributed by atoms with Gasteiger partial charge < -0.3 is 15.8 Å². The second-order valence-corrected chi connectivity index (χ2v) is 4.67. The Hall–Kier alpha value is -2.36. The molecule has 7 nitrogen and oxygen atoms in total. The zero-order valence-electron chi connectivity index (χ0n) is 12.6. The molecule has 0 bridgehead atoms. The monoisotopic (exact) mass is 291 g/mol. The minimum absolute atomic E-state index is 0.115. The molecule has 0 fully saturated rings. The van der Waals surface area contributed by atoms with Gasteiger partial charge in [0.1, 0.15) is 17.5 Å². The van der Waals surface area contributed by atoms with Crippen molar-refractivity contribution in [1.82, 2.24) is 9.97 Å². The molecule has 0 unspecified atom stereocenters. The van der Waals surface area contributed by atoms with Gasteiger partial charge in [-0.1, -0.05) is 13.8 Å². The number of hydrogen-bond acceptors (Lipinski definition) is 7. The summed E-state index contributed by atoms with van der Waals surface area (Å²) >= 11 is 0. The number of nitrogens with two attached hydrogens (primary N) is 1. The van der Waals surface area contributed by atoms with Crippen LogP contribution in [-0.2, 0) is 9.53 Å². The van der Waals surface area contributed by atoms with Gasteiger partial charge in [-0.3, -0.25) is 4.79 Å². The number of ether oxygens (including phenoxy) is 1. The lowest BCUT2D eigenvalue weighted by atomic mass is 9.82. The van der Waals surface area contributed by atoms with Crippen LogP contribution >= 0.6 is 0 Å². The Morgan fingerprint density at radius 3 is 2.62 bits per heavy atom. The van der Waals surface area contributed by atoms with E-state index in [1.807, 2.05) is 19.9 Å². The number of nitrogens with one attached hydrogen (secondary N) is 1. The average molecular weight is 291 g/mol. The van der Waals surface area contributed by atoms with E-state index < -0.39 is 5.41 Å². The average Bonchev–Trinajstić information content (AvgIpc) is 2.49. The molecule has 1 rings (SSSR count). The molecule has 114 valence electrons. The van der Waals surface area contributed by atoms with Gasteiger partial charge >= 0.3 is 5.97 Å². The molecule has 0 aliphatic heterocycles. The quantitative estimate of drug-likeness (QED) is 0.735. The van der Waals surface area contributed by atoms with Crippen LogP contribution in [0.4, 0.5) is 11.8 Å². The van der Waals surface area contributed by atoms with Gasteiger partial charge in [0, 0.05) is 6.54 Å². The number of nitriles is 1. The molecule has 3 N–H and O–H groups in total. The van der Waals surface area contributed by atoms with Crippen molar-refractivity contribution >= 4 is 17.7 Å². The van der Waals surface area contributed by atoms with E-state index in [0.717, 1.165) is 0 Å². The van der Waals surface area contributed by atoms with E-state index in [0.29, 0.717) is 31.9 Å². The minimum atomic E-state index is -0.623. The third kappa shape index (κ3) is 3.81. The molecular weight excluding hydrogens is 270 g/mol. The Kier molecular flexibility index (Phi) is 5.91. The van der Waals surface area contributed by atoms with E-state index in [-0.39, 0.29) is 17.4 Å². The Bertz CT molecular complexity index is 535. The second-order valence-electron chi connectivity index (χ2n) is 4.67. The molecule has 0 radical (unpaired) electrons. The fourth-order valence-corrected chi connectivity index (χ4v) is 1.96. The van der Waals surface area contributed by atoms with Crippen molar-refractivity contribution in [1.29, 1.82) is 5.26 Å². The standard InChI is InChI=1S/C14H21N5O2/c1-4-14(5-2,12(20)21-6-3)9-18-13-17-8-10(7-15)11(16)19-13/h8H,4-6,9H2,1-3H3,(H3,16,17,18,19). The zero-order valence-corrected chi connectivity index (χ0v) is 12.6. The summed E-state index contributed by atoms with van der Waals surface area (Å²) < 4.78 is 5.15. The highest BCUT2D eigenvalue weighted by molar-refractivity contribution is 5.77. The van der Waals surface area contributed by atoms with Crippen molar-refractivity contribution in [2.24, 2.45) is 5.41 Å². The van der Waals surface area contributed by atoms with E-state index in [1.54, 1.807) is 6.92 Å². The molecule has 0 aliphatic rings. The van der Waals surface area contributed by atoms with Crippen LogP contribution in [0.3, 0.4) is 0 Å². The summed E-state index contributed by atoms with van der Waals surface area (Å²) in [4.78, 5) is 20.2. The van der Waals surface area contributed by atoms with Crippen molar-refractivity contribution < 1.29 is 9.53 Å². The number of aromatic nitrogens is 2. The number of esters is 1. The van der Waals surface area contributed by atoms with Crippen LogP contribution in [0.1, 0.15) is 39.2 Å². The predicted octanol–water partition coefficient (Wildman–Crippen LogP) is 1.71. The molecule has 0 aliphatic carbocycles. The lowest BCUT2D eigenvalue weighted by Gasteiger charge is -2.29. The Labute approximate surface area is 124 Å². The van der Waals surface area contributed by atoms with Gasteiger partial charge in [0.05, 0.1) is 18.2 Å². The van der Waals surface area contributed by atoms with Gasteiger partial charge in [0.2, 0.25) is 5.95 Å². The summed E-state index contributed by atoms with van der Waals surface area (Å²) in [6, 6.07) is 1.90. The van der Waals surface area contributed by atoms with Gasteiger partial charge in [-0.15, -0.1) is 0 Å². The molecule has 1 heterocycles. The largest absolute Gasteiger partial charge is 0.466 e. The first-order chi connectivity index (χ1) is 10.0. The van der Waals surface area contributed by atoms with Crippen LogP contribution in [0.25, 0.3) is 0 Å². The molecule has 21 heavy (non-hydrogen) atoms. The summed E-state index contributed by atoms with van der Waals surface area (Å²) in [5.41, 5.74) is 5.24. The topological polar surface area (TPSA) is 114 Å². The first-order valence-corrected chi connectivity index (χ1v) is 6.96. The van der Waals surface area contributed by atoms with Crippen LogP contribution in [0.5, 0.6) is 0 Å². The third-order valence-electron chi connectivity index (χ3n) is 3.59. The summed E-state index contributed by atoms with van der Waals surface area (Å²) in [7, 11) is 0. The van der Waals surface area contributed by atoms with Gasteiger partial charge in [0.25, 0.3) is 0 Å². The highest BCUT2D eigenvalue weighted by Crippen LogP contribution is 2.28. The molecule has 0 saturated carbocycles. The fraction of sp³-hybridized carbons (Fsp3) is 0.571. The predicted molar refractivity (Wildman–Crippen MR) is 79.3 cm³/mol. The molecule has 0 atom stereocenters. The van der Waals surface area contributed by atoms with Crippen LogP contribution in [-0.4, -0.2) is 29.1 Å². The molecule has 0 amide bonds. The fourth-order valence-electron chi connectivity index (χ4n) is 1.96. The molecule has 1 aromatic rings. The highest BCUT2D eigenvalue weighted by Gasteiger charge is 2.36. The Balaban J connectivity index is 2.85. The van der Waals surface area contributed by atoms with Gasteiger partial charge in [-0.2, -0.15) is 10.2 Å². The van der Waals surface area contributed by atoms with E-state index in [1.165, 1.54) is 6.20 Å². The van der Waals surface area contributed by atoms with Crippen LogP contribution in [0.15, 0.2) is 6.20 Å². The van der Waals surface area contributed by atoms with Crippen molar-refractivity contribution in [2.45, 2.75) is 33.6 Å². The van der Waals surface area contributed by atoms with Crippen LogP contribution < -0.4 is 11.1 Å². The first kappa shape index (κ1) is 16.7. The summed E-state index contributed by atoms with van der Waals surface area (Å²) in [5.74, 6) is 0.177. The lowest BCUT2D eigenvalue weighted by Crippen LogP contribution is -2.38. The van der Waals surface area contributed by atoms with Gasteiger partial charge in [-0.25, -0.2) is 4.98 Å². The van der Waals surface area contributed by atoms with Crippen molar-refractivity contribution in [3.05, 3.63) is 11.8 Å². The highest BCUT2D eigenvalue weighted by atomic mass is 16.5. The number of anilines is 2. The maximum atomic E-state index is 12.1. The molecular formula is C14H21N5O2. The normalized spacial score (nSPS) is 10.8. The van der Waals surface area contributed by atoms with E-state index in [4.69, 9.17) is 15.7 Å².